The minimum Gasteiger partial charge on any atom is -0.467 e. The minimum atomic E-state index is -0.872. The van der Waals surface area contributed by atoms with Crippen molar-refractivity contribution in [2.24, 2.45) is 0 Å². The summed E-state index contributed by atoms with van der Waals surface area (Å²) >= 11 is 0. The van der Waals surface area contributed by atoms with Crippen LogP contribution in [-0.4, -0.2) is 29.6 Å². The van der Waals surface area contributed by atoms with Gasteiger partial charge in [-0.05, 0) is 11.6 Å². The highest BCUT2D eigenvalue weighted by Gasteiger charge is 2.25. The Morgan fingerprint density at radius 3 is 2.58 bits per heavy atom. The van der Waals surface area contributed by atoms with Crippen LogP contribution >= 0.6 is 0 Å². The first-order valence-corrected chi connectivity index (χ1v) is 9.79. The molecule has 7 heteroatoms. The monoisotopic (exact) mass is 420 g/mol. The van der Waals surface area contributed by atoms with Crippen LogP contribution in [0.1, 0.15) is 21.6 Å². The number of rotatable bonds is 7. The lowest BCUT2D eigenvalue weighted by atomic mass is 10.1. The maximum Gasteiger partial charge on any atom is 0.328 e. The van der Waals surface area contributed by atoms with Crippen LogP contribution in [0.3, 0.4) is 0 Å². The van der Waals surface area contributed by atoms with Gasteiger partial charge in [-0.2, -0.15) is 0 Å². The van der Waals surface area contributed by atoms with Crippen LogP contribution in [0, 0.1) is 5.82 Å². The number of carbonyl (C=O) groups is 2. The lowest BCUT2D eigenvalue weighted by molar-refractivity contribution is -0.142. The Labute approximate surface area is 178 Å². The second kappa shape index (κ2) is 8.87. The number of halogens is 1. The first-order chi connectivity index (χ1) is 15.1. The van der Waals surface area contributed by atoms with Gasteiger partial charge in [0.15, 0.2) is 5.58 Å². The molecule has 6 nitrogen and oxygen atoms in total. The van der Waals surface area contributed by atoms with Crippen molar-refractivity contribution in [1.29, 1.82) is 0 Å². The summed E-state index contributed by atoms with van der Waals surface area (Å²) in [4.78, 5) is 25.5. The number of esters is 1. The number of nitrogens with zero attached hydrogens (tertiary/aromatic N) is 1. The molecule has 0 aliphatic heterocycles. The van der Waals surface area contributed by atoms with E-state index in [-0.39, 0.29) is 24.5 Å². The zero-order valence-electron chi connectivity index (χ0n) is 16.9. The topological polar surface area (TPSA) is 73.5 Å². The number of fused-ring (bicyclic) bond motifs is 1. The smallest absolute Gasteiger partial charge is 0.328 e. The van der Waals surface area contributed by atoms with Crippen molar-refractivity contribution < 1.29 is 23.1 Å². The molecule has 4 rings (SSSR count). The molecule has 1 amide bonds. The summed E-state index contributed by atoms with van der Waals surface area (Å²) in [6.45, 7) is 0.139. The van der Waals surface area contributed by atoms with Crippen LogP contribution in [0.25, 0.3) is 11.1 Å². The number of hydrogen-bond acceptors (Lipinski definition) is 4. The van der Waals surface area contributed by atoms with Crippen LogP contribution in [0.4, 0.5) is 4.39 Å². The molecule has 1 N–H and O–H groups in total. The van der Waals surface area contributed by atoms with Crippen molar-refractivity contribution in [3.8, 4) is 0 Å². The molecular formula is C24H21FN2O4. The number of methoxy groups -OCH3 is 1. The van der Waals surface area contributed by atoms with Crippen molar-refractivity contribution in [2.45, 2.75) is 19.0 Å². The molecule has 1 atom stereocenters. The Morgan fingerprint density at radius 2 is 1.84 bits per heavy atom. The first kappa shape index (κ1) is 20.4. The molecule has 2 heterocycles. The quantitative estimate of drug-likeness (QED) is 0.460. The van der Waals surface area contributed by atoms with Crippen molar-refractivity contribution in [3.05, 3.63) is 95.6 Å². The largest absolute Gasteiger partial charge is 0.467 e. The van der Waals surface area contributed by atoms with E-state index in [1.165, 1.54) is 19.4 Å². The summed E-state index contributed by atoms with van der Waals surface area (Å²) in [5, 5.41) is 2.75. The lowest BCUT2D eigenvalue weighted by Gasteiger charge is -2.18. The summed E-state index contributed by atoms with van der Waals surface area (Å²) in [5.41, 5.74) is 2.74. The SMILES string of the molecule is COC(=O)C(Cc1ccccc1)NC(=O)c1cc2occc2n1Cc1ccccc1F. The number of amides is 1. The molecule has 0 bridgehead atoms. The number of carbonyl (C=O) groups excluding carboxylic acids is 2. The fourth-order valence-electron chi connectivity index (χ4n) is 3.55. The van der Waals surface area contributed by atoms with Crippen molar-refractivity contribution in [3.63, 3.8) is 0 Å². The van der Waals surface area contributed by atoms with Crippen LogP contribution in [0.2, 0.25) is 0 Å². The van der Waals surface area contributed by atoms with Crippen molar-refractivity contribution in [1.82, 2.24) is 9.88 Å². The highest BCUT2D eigenvalue weighted by molar-refractivity contribution is 5.99. The van der Waals surface area contributed by atoms with Crippen LogP contribution in [-0.2, 0) is 22.5 Å². The van der Waals surface area contributed by atoms with Gasteiger partial charge < -0.3 is 19.0 Å². The number of furan rings is 1. The highest BCUT2D eigenvalue weighted by atomic mass is 19.1. The third kappa shape index (κ3) is 4.35. The van der Waals surface area contributed by atoms with E-state index in [0.717, 1.165) is 5.56 Å². The van der Waals surface area contributed by atoms with Crippen LogP contribution in [0.5, 0.6) is 0 Å². The fourth-order valence-corrected chi connectivity index (χ4v) is 3.55. The standard InChI is InChI=1S/C24H21FN2O4/c1-30-24(29)19(13-16-7-3-2-4-8-16)26-23(28)21-14-22-20(11-12-31-22)27(21)15-17-9-5-6-10-18(17)25/h2-12,14,19H,13,15H2,1H3,(H,26,28). The molecule has 1 unspecified atom stereocenters. The average Bonchev–Trinajstić information content (AvgIpc) is 3.37. The average molecular weight is 420 g/mol. The molecule has 0 radical (unpaired) electrons. The molecular weight excluding hydrogens is 399 g/mol. The Morgan fingerprint density at radius 1 is 1.10 bits per heavy atom. The molecule has 0 aliphatic carbocycles. The summed E-state index contributed by atoms with van der Waals surface area (Å²) < 4.78 is 26.2. The lowest BCUT2D eigenvalue weighted by Crippen LogP contribution is -2.43. The van der Waals surface area contributed by atoms with E-state index < -0.39 is 17.9 Å². The van der Waals surface area contributed by atoms with E-state index in [1.54, 1.807) is 34.9 Å². The van der Waals surface area contributed by atoms with Crippen molar-refractivity contribution in [2.75, 3.05) is 7.11 Å². The highest BCUT2D eigenvalue weighted by Crippen LogP contribution is 2.23. The molecule has 158 valence electrons. The van der Waals surface area contributed by atoms with Crippen LogP contribution in [0.15, 0.2) is 77.4 Å². The Balaban J connectivity index is 1.64. The summed E-state index contributed by atoms with van der Waals surface area (Å²) in [6.07, 6.45) is 1.79. The van der Waals surface area contributed by atoms with E-state index in [2.05, 4.69) is 5.32 Å². The second-order valence-corrected chi connectivity index (χ2v) is 7.12. The number of aromatic nitrogens is 1. The second-order valence-electron chi connectivity index (χ2n) is 7.12. The van der Waals surface area contributed by atoms with Crippen LogP contribution < -0.4 is 5.32 Å². The Kier molecular flexibility index (Phi) is 5.84. The molecule has 31 heavy (non-hydrogen) atoms. The van der Waals surface area contributed by atoms with Gasteiger partial charge in [0.1, 0.15) is 17.6 Å². The van der Waals surface area contributed by atoms with E-state index in [1.807, 2.05) is 30.3 Å². The predicted molar refractivity (Wildman–Crippen MR) is 113 cm³/mol. The van der Waals surface area contributed by atoms with Gasteiger partial charge >= 0.3 is 5.97 Å². The number of ether oxygens (including phenoxy) is 1. The third-order valence-electron chi connectivity index (χ3n) is 5.12. The number of benzene rings is 2. The predicted octanol–water partition coefficient (Wildman–Crippen LogP) is 3.94. The minimum absolute atomic E-state index is 0.139. The Bertz CT molecular complexity index is 1210. The van der Waals surface area contributed by atoms with Gasteiger partial charge in [0.05, 0.1) is 25.4 Å². The first-order valence-electron chi connectivity index (χ1n) is 9.79. The van der Waals surface area contributed by atoms with Gasteiger partial charge in [-0.25, -0.2) is 9.18 Å². The maximum atomic E-state index is 14.2. The maximum absolute atomic E-state index is 14.2. The van der Waals surface area contributed by atoms with E-state index in [4.69, 9.17) is 9.15 Å². The summed E-state index contributed by atoms with van der Waals surface area (Å²) in [5.74, 6) is -1.39. The van der Waals surface area contributed by atoms with Gasteiger partial charge in [-0.1, -0.05) is 48.5 Å². The van der Waals surface area contributed by atoms with Crippen molar-refractivity contribution >= 4 is 23.0 Å². The van der Waals surface area contributed by atoms with E-state index in [0.29, 0.717) is 16.7 Å². The summed E-state index contributed by atoms with van der Waals surface area (Å²) in [6, 6.07) is 18.2. The Hall–Kier alpha value is -3.87. The van der Waals surface area contributed by atoms with Gasteiger partial charge in [0.25, 0.3) is 5.91 Å². The fraction of sp³-hybridized carbons (Fsp3) is 0.167. The number of nitrogens with one attached hydrogen (secondary N) is 1. The molecule has 0 fully saturated rings. The summed E-state index contributed by atoms with van der Waals surface area (Å²) in [7, 11) is 1.28. The van der Waals surface area contributed by atoms with E-state index >= 15 is 0 Å². The van der Waals surface area contributed by atoms with E-state index in [9.17, 15) is 14.0 Å². The normalized spacial score (nSPS) is 11.9. The van der Waals surface area contributed by atoms with Gasteiger partial charge in [0.2, 0.25) is 0 Å². The molecule has 2 aromatic carbocycles. The third-order valence-corrected chi connectivity index (χ3v) is 5.12. The number of hydrogen-bond donors (Lipinski definition) is 1. The molecule has 0 aliphatic rings. The zero-order valence-corrected chi connectivity index (χ0v) is 16.9. The molecule has 0 saturated heterocycles. The van der Waals surface area contributed by atoms with Gasteiger partial charge in [0, 0.05) is 24.1 Å². The van der Waals surface area contributed by atoms with Gasteiger partial charge in [-0.3, -0.25) is 4.79 Å². The van der Waals surface area contributed by atoms with Gasteiger partial charge in [-0.15, -0.1) is 0 Å². The molecule has 4 aromatic rings. The zero-order chi connectivity index (χ0) is 21.8. The molecule has 0 spiro atoms. The molecule has 2 aromatic heterocycles. The molecule has 0 saturated carbocycles.